The highest BCUT2D eigenvalue weighted by atomic mass is 33.1. The zero-order valence-electron chi connectivity index (χ0n) is 30.7. The first-order valence-electron chi connectivity index (χ1n) is 18.0. The third kappa shape index (κ3) is 13.2. The summed E-state index contributed by atoms with van der Waals surface area (Å²) in [5.41, 5.74) is 15.3. The van der Waals surface area contributed by atoms with E-state index in [0.29, 0.717) is 11.1 Å². The van der Waals surface area contributed by atoms with Crippen molar-refractivity contribution in [2.24, 2.45) is 11.5 Å². The fourth-order valence-corrected chi connectivity index (χ4v) is 8.00. The molecule has 0 radical (unpaired) electrons. The molecule has 294 valence electrons. The molecule has 0 aliphatic heterocycles. The minimum atomic E-state index is -1.50. The number of carboxylic acid groups (broad SMARTS) is 2. The van der Waals surface area contributed by atoms with Crippen LogP contribution in [0.4, 0.5) is 0 Å². The number of rotatable bonds is 21. The average Bonchev–Trinajstić information content (AvgIpc) is 3.20. The van der Waals surface area contributed by atoms with Crippen LogP contribution in [0.25, 0.3) is 0 Å². The van der Waals surface area contributed by atoms with Crippen molar-refractivity contribution in [1.29, 1.82) is 0 Å². The Labute approximate surface area is 334 Å². The van der Waals surface area contributed by atoms with Crippen molar-refractivity contribution in [3.05, 3.63) is 144 Å². The van der Waals surface area contributed by atoms with E-state index in [1.165, 1.54) is 21.6 Å². The molecule has 0 bridgehead atoms. The van der Waals surface area contributed by atoms with Gasteiger partial charge in [-0.3, -0.25) is 29.0 Å². The Hall–Kier alpha value is -5.28. The average molecular weight is 799 g/mol. The number of imide groups is 2. The molecule has 4 aromatic carbocycles. The van der Waals surface area contributed by atoms with Gasteiger partial charge in [0.25, 0.3) is 0 Å². The number of amides is 4. The number of carbonyl (C=O) groups is 6. The van der Waals surface area contributed by atoms with Crippen LogP contribution < -0.4 is 11.5 Å². The lowest BCUT2D eigenvalue weighted by Crippen LogP contribution is -2.55. The van der Waals surface area contributed by atoms with Crippen molar-refractivity contribution in [2.75, 3.05) is 11.5 Å². The van der Waals surface area contributed by atoms with Gasteiger partial charge in [0.2, 0.25) is 23.6 Å². The van der Waals surface area contributed by atoms with Gasteiger partial charge in [-0.2, -0.15) is 0 Å². The third-order valence-corrected chi connectivity index (χ3v) is 11.3. The fourth-order valence-electron chi connectivity index (χ4n) is 6.04. The molecular weight excluding hydrogens is 753 g/mol. The fraction of sp³-hybridized carbons (Fsp3) is 0.286. The molecule has 12 nitrogen and oxygen atoms in total. The smallest absolute Gasteiger partial charge is 0.327 e. The van der Waals surface area contributed by atoms with Crippen LogP contribution in [0.1, 0.15) is 35.1 Å². The summed E-state index contributed by atoms with van der Waals surface area (Å²) in [5, 5.41) is 20.4. The number of nitrogens with zero attached hydrogens (tertiary/aromatic N) is 2. The zero-order chi connectivity index (χ0) is 40.5. The largest absolute Gasteiger partial charge is 0.480 e. The molecule has 0 unspecified atom stereocenters. The van der Waals surface area contributed by atoms with Crippen LogP contribution in [0.3, 0.4) is 0 Å². The minimum absolute atomic E-state index is 0.102. The van der Waals surface area contributed by atoms with E-state index in [-0.39, 0.29) is 50.0 Å². The number of carboxylic acids is 2. The highest BCUT2D eigenvalue weighted by Gasteiger charge is 2.38. The summed E-state index contributed by atoms with van der Waals surface area (Å²) in [6.07, 6.45) is -0.422. The van der Waals surface area contributed by atoms with Gasteiger partial charge in [-0.25, -0.2) is 9.59 Å². The molecular formula is C42H46N4O8S2. The number of aliphatic carboxylic acids is 2. The third-order valence-electron chi connectivity index (χ3n) is 8.86. The molecule has 0 fully saturated rings. The van der Waals surface area contributed by atoms with E-state index in [1.807, 2.05) is 12.1 Å². The second-order valence-electron chi connectivity index (χ2n) is 13.0. The number of carbonyl (C=O) groups excluding carboxylic acids is 4. The van der Waals surface area contributed by atoms with E-state index in [4.69, 9.17) is 11.5 Å². The van der Waals surface area contributed by atoms with Crippen LogP contribution in [-0.4, -0.2) is 91.3 Å². The quantitative estimate of drug-likeness (QED) is 0.0686. The molecule has 0 aliphatic rings. The van der Waals surface area contributed by atoms with Gasteiger partial charge < -0.3 is 21.7 Å². The van der Waals surface area contributed by atoms with Gasteiger partial charge in [0.15, 0.2) is 0 Å². The number of benzene rings is 4. The van der Waals surface area contributed by atoms with Crippen LogP contribution in [-0.2, 0) is 54.5 Å². The monoisotopic (exact) mass is 798 g/mol. The van der Waals surface area contributed by atoms with Crippen LogP contribution >= 0.6 is 21.6 Å². The lowest BCUT2D eigenvalue weighted by molar-refractivity contribution is -0.158. The lowest BCUT2D eigenvalue weighted by Gasteiger charge is -2.30. The Morgan fingerprint density at radius 2 is 0.732 bits per heavy atom. The zero-order valence-corrected chi connectivity index (χ0v) is 32.4. The van der Waals surface area contributed by atoms with Gasteiger partial charge in [0.1, 0.15) is 12.1 Å². The molecule has 0 spiro atoms. The Morgan fingerprint density at radius 3 is 1.00 bits per heavy atom. The van der Waals surface area contributed by atoms with Gasteiger partial charge in [-0.15, -0.1) is 0 Å². The van der Waals surface area contributed by atoms with Crippen molar-refractivity contribution in [3.8, 4) is 0 Å². The van der Waals surface area contributed by atoms with E-state index in [2.05, 4.69) is 0 Å². The summed E-state index contributed by atoms with van der Waals surface area (Å²) < 4.78 is 0. The predicted molar refractivity (Wildman–Crippen MR) is 217 cm³/mol. The van der Waals surface area contributed by atoms with Crippen molar-refractivity contribution < 1.29 is 39.0 Å². The summed E-state index contributed by atoms with van der Waals surface area (Å²) in [4.78, 5) is 81.4. The first kappa shape index (κ1) is 43.4. The van der Waals surface area contributed by atoms with E-state index in [0.717, 1.165) is 20.9 Å². The van der Waals surface area contributed by atoms with E-state index < -0.39 is 59.7 Å². The second kappa shape index (κ2) is 22.3. The number of hydrogen-bond donors (Lipinski definition) is 4. The summed E-state index contributed by atoms with van der Waals surface area (Å²) in [7, 11) is 2.43. The molecule has 0 aliphatic carbocycles. The molecule has 0 aromatic heterocycles. The first-order valence-corrected chi connectivity index (χ1v) is 20.5. The summed E-state index contributed by atoms with van der Waals surface area (Å²) in [6.45, 7) is 0. The van der Waals surface area contributed by atoms with E-state index >= 15 is 0 Å². The lowest BCUT2D eigenvalue weighted by atomic mass is 10.0. The molecule has 56 heavy (non-hydrogen) atoms. The van der Waals surface area contributed by atoms with Crippen molar-refractivity contribution >= 4 is 57.2 Å². The van der Waals surface area contributed by atoms with Gasteiger partial charge in [-0.05, 0) is 35.1 Å². The topological polar surface area (TPSA) is 201 Å². The van der Waals surface area contributed by atoms with Crippen molar-refractivity contribution in [2.45, 2.75) is 62.7 Å². The molecule has 4 atom stereocenters. The van der Waals surface area contributed by atoms with Gasteiger partial charge in [-0.1, -0.05) is 143 Å². The molecule has 4 aromatic rings. The van der Waals surface area contributed by atoms with Gasteiger partial charge >= 0.3 is 11.9 Å². The van der Waals surface area contributed by atoms with Crippen LogP contribution in [0, 0.1) is 0 Å². The molecule has 0 saturated carbocycles. The Balaban J connectivity index is 1.41. The van der Waals surface area contributed by atoms with Crippen LogP contribution in [0.15, 0.2) is 121 Å². The number of nitrogens with two attached hydrogens (primary N) is 2. The van der Waals surface area contributed by atoms with E-state index in [9.17, 15) is 39.0 Å². The van der Waals surface area contributed by atoms with E-state index in [1.54, 1.807) is 109 Å². The van der Waals surface area contributed by atoms with Gasteiger partial charge in [0.05, 0.1) is 12.1 Å². The molecule has 14 heteroatoms. The summed E-state index contributed by atoms with van der Waals surface area (Å²) in [5.74, 6) is -5.41. The first-order chi connectivity index (χ1) is 27.0. The maximum absolute atomic E-state index is 13.7. The SMILES string of the molecule is N[C@@H](Cc1ccccc1)C(=O)N(C(=O)CCSSCCC(=O)N(C(=O)[C@@H](N)Cc1ccccc1)[C@@H](Cc1ccccc1)C(=O)O)[C@@H](Cc1ccccc1)C(=O)O. The maximum Gasteiger partial charge on any atom is 0.327 e. The predicted octanol–water partition coefficient (Wildman–Crippen LogP) is 4.39. The minimum Gasteiger partial charge on any atom is -0.480 e. The normalized spacial score (nSPS) is 13.1. The van der Waals surface area contributed by atoms with Gasteiger partial charge in [0, 0.05) is 37.2 Å². The Kier molecular flexibility index (Phi) is 17.3. The van der Waals surface area contributed by atoms with Crippen molar-refractivity contribution in [3.63, 3.8) is 0 Å². The number of hydrogen-bond acceptors (Lipinski definition) is 10. The van der Waals surface area contributed by atoms with Crippen LogP contribution in [0.5, 0.6) is 0 Å². The standard InChI is InChI=1S/C42H46N4O8S2/c43-33(25-29-13-5-1-6-14-29)39(49)45(35(41(51)52)27-31-17-9-3-10-18-31)37(47)21-23-55-56-24-22-38(48)46(36(42(53)54)28-32-19-11-4-12-20-32)40(50)34(44)26-30-15-7-2-8-16-30/h1-20,33-36H,21-28,43-44H2,(H,51,52)(H,53,54)/t33-,34-,35-,36-/m0/s1. The second-order valence-corrected chi connectivity index (χ2v) is 15.7. The summed E-state index contributed by atoms with van der Waals surface area (Å²) in [6, 6.07) is 30.0. The van der Waals surface area contributed by atoms with Crippen molar-refractivity contribution in [1.82, 2.24) is 9.80 Å². The van der Waals surface area contributed by atoms with Crippen LogP contribution in [0.2, 0.25) is 0 Å². The molecule has 6 N–H and O–H groups in total. The molecule has 0 heterocycles. The molecule has 4 amide bonds. The summed E-state index contributed by atoms with van der Waals surface area (Å²) >= 11 is 0. The Bertz CT molecular complexity index is 1770. The molecule has 0 saturated heterocycles. The Morgan fingerprint density at radius 1 is 0.464 bits per heavy atom. The maximum atomic E-state index is 13.7. The molecule has 4 rings (SSSR count). The highest BCUT2D eigenvalue weighted by molar-refractivity contribution is 8.76. The highest BCUT2D eigenvalue weighted by Crippen LogP contribution is 2.25.